The van der Waals surface area contributed by atoms with Crippen molar-refractivity contribution in [3.63, 3.8) is 0 Å². The summed E-state index contributed by atoms with van der Waals surface area (Å²) in [4.78, 5) is 16.4. The SMILES string of the molecule is Cn1cc2cc(N3Cc4nnc(NCC(F)(F)F)cc4N(c4ccc(OC(F)F)cc4)C3=O)ccc2n1. The zero-order chi connectivity index (χ0) is 26.3. The second-order valence-electron chi connectivity index (χ2n) is 8.15. The molecule has 2 aromatic carbocycles. The summed E-state index contributed by atoms with van der Waals surface area (Å²) < 4.78 is 69.3. The van der Waals surface area contributed by atoms with E-state index in [0.717, 1.165) is 10.9 Å². The molecule has 9 nitrogen and oxygen atoms in total. The molecule has 1 aliphatic heterocycles. The second-order valence-corrected chi connectivity index (χ2v) is 8.15. The van der Waals surface area contributed by atoms with Gasteiger partial charge in [-0.15, -0.1) is 10.2 Å². The van der Waals surface area contributed by atoms with Gasteiger partial charge in [0.15, 0.2) is 5.82 Å². The number of hydrogen-bond acceptors (Lipinski definition) is 6. The molecular weight excluding hydrogens is 501 g/mol. The average Bonchev–Trinajstić information content (AvgIpc) is 3.21. The number of halogens is 5. The first-order valence-electron chi connectivity index (χ1n) is 10.8. The number of nitrogens with zero attached hydrogens (tertiary/aromatic N) is 6. The number of rotatable bonds is 6. The molecule has 5 rings (SSSR count). The smallest absolute Gasteiger partial charge is 0.405 e. The Morgan fingerprint density at radius 2 is 1.78 bits per heavy atom. The lowest BCUT2D eigenvalue weighted by molar-refractivity contribution is -0.115. The largest absolute Gasteiger partial charge is 0.435 e. The molecule has 0 radical (unpaired) electrons. The van der Waals surface area contributed by atoms with Crippen molar-refractivity contribution in [2.45, 2.75) is 19.3 Å². The van der Waals surface area contributed by atoms with Crippen molar-refractivity contribution in [3.05, 3.63) is 60.4 Å². The molecule has 0 bridgehead atoms. The molecule has 3 heterocycles. The quantitative estimate of drug-likeness (QED) is 0.352. The Balaban J connectivity index is 1.56. The number of nitrogens with one attached hydrogen (secondary N) is 1. The molecule has 2 amide bonds. The standard InChI is InChI=1S/C23H18F5N7O2/c1-33-10-13-8-15(4-7-17(13)32-33)34-11-18-19(9-20(31-30-18)29-12-23(26,27)28)35(22(34)36)14-2-5-16(6-3-14)37-21(24)25/h2-10,21H,11-12H2,1H3,(H,29,31). The molecule has 0 spiro atoms. The van der Waals surface area contributed by atoms with E-state index in [1.54, 1.807) is 36.1 Å². The van der Waals surface area contributed by atoms with E-state index in [2.05, 4.69) is 25.3 Å². The van der Waals surface area contributed by atoms with Crippen molar-refractivity contribution < 1.29 is 31.5 Å². The number of anilines is 4. The molecule has 14 heteroatoms. The van der Waals surface area contributed by atoms with Crippen molar-refractivity contribution in [2.75, 3.05) is 21.7 Å². The Morgan fingerprint density at radius 1 is 1.05 bits per heavy atom. The molecule has 0 fully saturated rings. The van der Waals surface area contributed by atoms with Crippen LogP contribution < -0.4 is 19.9 Å². The van der Waals surface area contributed by atoms with Crippen LogP contribution in [0.4, 0.5) is 49.6 Å². The van der Waals surface area contributed by atoms with E-state index in [0.29, 0.717) is 11.4 Å². The van der Waals surface area contributed by atoms with Crippen LogP contribution in [-0.2, 0) is 13.6 Å². The van der Waals surface area contributed by atoms with E-state index in [4.69, 9.17) is 0 Å². The fourth-order valence-corrected chi connectivity index (χ4v) is 3.96. The number of alkyl halides is 5. The molecule has 2 aromatic heterocycles. The van der Waals surface area contributed by atoms with Gasteiger partial charge in [-0.1, -0.05) is 0 Å². The van der Waals surface area contributed by atoms with Gasteiger partial charge in [-0.05, 0) is 42.5 Å². The van der Waals surface area contributed by atoms with Crippen LogP contribution in [-0.4, -0.2) is 45.3 Å². The zero-order valence-corrected chi connectivity index (χ0v) is 19.1. The van der Waals surface area contributed by atoms with Crippen LogP contribution >= 0.6 is 0 Å². The second kappa shape index (κ2) is 9.19. The summed E-state index contributed by atoms with van der Waals surface area (Å²) in [5.41, 5.74) is 2.03. The van der Waals surface area contributed by atoms with Crippen LogP contribution in [0.5, 0.6) is 5.75 Å². The van der Waals surface area contributed by atoms with Crippen molar-refractivity contribution in [1.29, 1.82) is 0 Å². The van der Waals surface area contributed by atoms with Crippen molar-refractivity contribution in [2.24, 2.45) is 7.05 Å². The Labute approximate surface area is 206 Å². The maximum Gasteiger partial charge on any atom is 0.405 e. The Morgan fingerprint density at radius 3 is 2.49 bits per heavy atom. The summed E-state index contributed by atoms with van der Waals surface area (Å²) in [6.07, 6.45) is -2.70. The molecule has 0 saturated heterocycles. The normalized spacial score (nSPS) is 13.9. The molecule has 4 aromatic rings. The van der Waals surface area contributed by atoms with Crippen molar-refractivity contribution in [3.8, 4) is 5.75 Å². The van der Waals surface area contributed by atoms with Gasteiger partial charge >= 0.3 is 18.8 Å². The first-order valence-corrected chi connectivity index (χ1v) is 10.8. The average molecular weight is 519 g/mol. The highest BCUT2D eigenvalue weighted by Gasteiger charge is 2.35. The lowest BCUT2D eigenvalue weighted by Crippen LogP contribution is -2.45. The number of urea groups is 1. The number of hydrogen-bond donors (Lipinski definition) is 1. The predicted octanol–water partition coefficient (Wildman–Crippen LogP) is 5.22. The number of benzene rings is 2. The molecule has 192 valence electrons. The monoisotopic (exact) mass is 519 g/mol. The highest BCUT2D eigenvalue weighted by Crippen LogP contribution is 2.38. The minimum atomic E-state index is -4.49. The number of aromatic nitrogens is 4. The van der Waals surface area contributed by atoms with E-state index >= 15 is 0 Å². The number of amides is 2. The van der Waals surface area contributed by atoms with Gasteiger partial charge in [0.2, 0.25) is 0 Å². The van der Waals surface area contributed by atoms with Gasteiger partial charge in [0.1, 0.15) is 18.0 Å². The van der Waals surface area contributed by atoms with Gasteiger partial charge in [0, 0.05) is 30.4 Å². The minimum Gasteiger partial charge on any atom is -0.435 e. The maximum absolute atomic E-state index is 13.8. The van der Waals surface area contributed by atoms with E-state index in [9.17, 15) is 26.7 Å². The Kier molecular flexibility index (Phi) is 6.01. The van der Waals surface area contributed by atoms with Crippen LogP contribution in [0.2, 0.25) is 0 Å². The zero-order valence-electron chi connectivity index (χ0n) is 19.1. The molecule has 0 aliphatic carbocycles. The van der Waals surface area contributed by atoms with E-state index in [1.165, 1.54) is 40.1 Å². The van der Waals surface area contributed by atoms with Gasteiger partial charge in [0.25, 0.3) is 0 Å². The molecule has 0 saturated carbocycles. The third kappa shape index (κ3) is 5.08. The maximum atomic E-state index is 13.8. The summed E-state index contributed by atoms with van der Waals surface area (Å²) in [6.45, 7) is -4.38. The Bertz CT molecular complexity index is 1460. The Hall–Kier alpha value is -4.49. The summed E-state index contributed by atoms with van der Waals surface area (Å²) in [5, 5.41) is 15.2. The molecule has 1 N–H and O–H groups in total. The summed E-state index contributed by atoms with van der Waals surface area (Å²) in [5.74, 6) is -0.306. The number of carbonyl (C=O) groups excluding carboxylic acids is 1. The lowest BCUT2D eigenvalue weighted by atomic mass is 10.1. The van der Waals surface area contributed by atoms with Crippen LogP contribution in [0.1, 0.15) is 5.69 Å². The van der Waals surface area contributed by atoms with E-state index in [1.807, 2.05) is 0 Å². The van der Waals surface area contributed by atoms with Gasteiger partial charge < -0.3 is 10.1 Å². The van der Waals surface area contributed by atoms with Crippen LogP contribution in [0, 0.1) is 0 Å². The van der Waals surface area contributed by atoms with Crippen LogP contribution in [0.15, 0.2) is 54.7 Å². The highest BCUT2D eigenvalue weighted by atomic mass is 19.4. The molecular formula is C23H18F5N7O2. The number of ether oxygens (including phenoxy) is 1. The molecule has 37 heavy (non-hydrogen) atoms. The van der Waals surface area contributed by atoms with Crippen molar-refractivity contribution in [1.82, 2.24) is 20.0 Å². The third-order valence-electron chi connectivity index (χ3n) is 5.52. The topological polar surface area (TPSA) is 88.4 Å². The first kappa shape index (κ1) is 24.2. The summed E-state index contributed by atoms with van der Waals surface area (Å²) in [7, 11) is 1.77. The number of aryl methyl sites for hydroxylation is 1. The molecule has 0 atom stereocenters. The van der Waals surface area contributed by atoms with Crippen molar-refractivity contribution >= 4 is 39.8 Å². The fraction of sp³-hybridized carbons (Fsp3) is 0.217. The highest BCUT2D eigenvalue weighted by molar-refractivity contribution is 6.11. The number of carbonyl (C=O) groups is 1. The first-order chi connectivity index (χ1) is 17.6. The van der Waals surface area contributed by atoms with E-state index < -0.39 is 25.4 Å². The molecule has 1 aliphatic rings. The van der Waals surface area contributed by atoms with E-state index in [-0.39, 0.29) is 29.5 Å². The molecule has 0 unspecified atom stereocenters. The lowest BCUT2D eigenvalue weighted by Gasteiger charge is -2.36. The van der Waals surface area contributed by atoms with Crippen LogP contribution in [0.25, 0.3) is 10.9 Å². The third-order valence-corrected chi connectivity index (χ3v) is 5.52. The predicted molar refractivity (Wildman–Crippen MR) is 124 cm³/mol. The minimum absolute atomic E-state index is 0.00440. The summed E-state index contributed by atoms with van der Waals surface area (Å²) in [6, 6.07) is 11.3. The number of fused-ring (bicyclic) bond motifs is 2. The van der Waals surface area contributed by atoms with Gasteiger partial charge in [0.05, 0.1) is 23.4 Å². The van der Waals surface area contributed by atoms with Crippen LogP contribution in [0.3, 0.4) is 0 Å². The van der Waals surface area contributed by atoms with Gasteiger partial charge in [-0.3, -0.25) is 14.5 Å². The van der Waals surface area contributed by atoms with Gasteiger partial charge in [-0.25, -0.2) is 4.79 Å². The fourth-order valence-electron chi connectivity index (χ4n) is 3.96. The summed E-state index contributed by atoms with van der Waals surface area (Å²) >= 11 is 0. The van der Waals surface area contributed by atoms with Gasteiger partial charge in [-0.2, -0.15) is 27.1 Å².